The van der Waals surface area contributed by atoms with Crippen LogP contribution in [-0.2, 0) is 6.54 Å². The maximum atomic E-state index is 6.12. The van der Waals surface area contributed by atoms with E-state index in [-0.39, 0.29) is 6.79 Å². The van der Waals surface area contributed by atoms with Crippen molar-refractivity contribution in [2.45, 2.75) is 13.5 Å². The van der Waals surface area contributed by atoms with Crippen molar-refractivity contribution in [2.24, 2.45) is 0 Å². The van der Waals surface area contributed by atoms with E-state index >= 15 is 0 Å². The van der Waals surface area contributed by atoms with E-state index in [1.54, 1.807) is 6.07 Å². The molecule has 1 aliphatic heterocycles. The minimum atomic E-state index is 0.255. The van der Waals surface area contributed by atoms with E-state index in [1.807, 2.05) is 19.1 Å². The molecule has 110 valence electrons. The molecule has 2 heterocycles. The Morgan fingerprint density at radius 3 is 2.67 bits per heavy atom. The van der Waals surface area contributed by atoms with Crippen LogP contribution in [0.3, 0.4) is 0 Å². The molecular formula is C14H11BrCl2N2O2. The van der Waals surface area contributed by atoms with Crippen LogP contribution in [0.4, 0.5) is 5.69 Å². The summed E-state index contributed by atoms with van der Waals surface area (Å²) in [6, 6.07) is 5.60. The average Bonchev–Trinajstić information content (AvgIpc) is 2.84. The van der Waals surface area contributed by atoms with Gasteiger partial charge in [-0.05, 0) is 36.2 Å². The summed E-state index contributed by atoms with van der Waals surface area (Å²) in [4.78, 5) is 4.04. The van der Waals surface area contributed by atoms with Crippen molar-refractivity contribution < 1.29 is 9.47 Å². The van der Waals surface area contributed by atoms with E-state index in [4.69, 9.17) is 32.7 Å². The van der Waals surface area contributed by atoms with E-state index < -0.39 is 0 Å². The molecule has 0 saturated heterocycles. The van der Waals surface area contributed by atoms with Gasteiger partial charge < -0.3 is 14.8 Å². The lowest BCUT2D eigenvalue weighted by Gasteiger charge is -2.13. The van der Waals surface area contributed by atoms with E-state index in [0.717, 1.165) is 32.8 Å². The van der Waals surface area contributed by atoms with Crippen LogP contribution in [0.2, 0.25) is 10.3 Å². The molecule has 0 aliphatic carbocycles. The molecule has 21 heavy (non-hydrogen) atoms. The first kappa shape index (κ1) is 14.8. The van der Waals surface area contributed by atoms with Gasteiger partial charge in [-0.1, -0.05) is 39.1 Å². The summed E-state index contributed by atoms with van der Waals surface area (Å²) in [5.74, 6) is 1.49. The normalized spacial score (nSPS) is 12.6. The average molecular weight is 390 g/mol. The van der Waals surface area contributed by atoms with Crippen molar-refractivity contribution in [2.75, 3.05) is 12.1 Å². The number of benzene rings is 1. The highest BCUT2D eigenvalue weighted by atomic mass is 79.9. The van der Waals surface area contributed by atoms with Crippen LogP contribution in [-0.4, -0.2) is 11.8 Å². The van der Waals surface area contributed by atoms with Gasteiger partial charge in [0.05, 0.1) is 5.69 Å². The molecule has 4 nitrogen and oxygen atoms in total. The van der Waals surface area contributed by atoms with Crippen LogP contribution in [0, 0.1) is 6.92 Å². The Morgan fingerprint density at radius 2 is 1.95 bits per heavy atom. The third-order valence-corrected chi connectivity index (χ3v) is 4.34. The third kappa shape index (κ3) is 3.05. The highest BCUT2D eigenvalue weighted by Gasteiger charge is 2.16. The lowest BCUT2D eigenvalue weighted by atomic mass is 10.2. The first-order chi connectivity index (χ1) is 10.0. The van der Waals surface area contributed by atoms with Gasteiger partial charge in [-0.25, -0.2) is 4.98 Å². The fourth-order valence-corrected chi connectivity index (χ4v) is 3.15. The fraction of sp³-hybridized carbons (Fsp3) is 0.214. The van der Waals surface area contributed by atoms with Gasteiger partial charge in [0.2, 0.25) is 6.79 Å². The number of anilines is 1. The van der Waals surface area contributed by atoms with Crippen LogP contribution in [0.5, 0.6) is 11.5 Å². The summed E-state index contributed by atoms with van der Waals surface area (Å²) in [5.41, 5.74) is 2.74. The molecule has 0 bridgehead atoms. The van der Waals surface area contributed by atoms with E-state index in [0.29, 0.717) is 16.9 Å². The van der Waals surface area contributed by atoms with Crippen molar-refractivity contribution in [1.82, 2.24) is 4.98 Å². The van der Waals surface area contributed by atoms with Crippen molar-refractivity contribution in [3.8, 4) is 11.5 Å². The van der Waals surface area contributed by atoms with E-state index in [9.17, 15) is 0 Å². The predicted molar refractivity (Wildman–Crippen MR) is 86.6 cm³/mol. The smallest absolute Gasteiger partial charge is 0.231 e. The minimum absolute atomic E-state index is 0.255. The minimum Gasteiger partial charge on any atom is -0.454 e. The summed E-state index contributed by atoms with van der Waals surface area (Å²) in [6.07, 6.45) is 0. The van der Waals surface area contributed by atoms with Crippen molar-refractivity contribution in [1.29, 1.82) is 0 Å². The number of pyridine rings is 1. The largest absolute Gasteiger partial charge is 0.454 e. The number of aromatic nitrogens is 1. The molecule has 1 aliphatic rings. The molecule has 2 aromatic rings. The Balaban J connectivity index is 1.83. The Morgan fingerprint density at radius 1 is 1.24 bits per heavy atom. The van der Waals surface area contributed by atoms with Gasteiger partial charge in [0.1, 0.15) is 5.15 Å². The molecule has 1 aromatic heterocycles. The predicted octanol–water partition coefficient (Wildman–Crippen LogP) is 4.80. The van der Waals surface area contributed by atoms with Crippen LogP contribution in [0.15, 0.2) is 22.7 Å². The number of ether oxygens (including phenoxy) is 2. The van der Waals surface area contributed by atoms with Crippen LogP contribution >= 0.6 is 39.1 Å². The highest BCUT2D eigenvalue weighted by Crippen LogP contribution is 2.37. The van der Waals surface area contributed by atoms with Crippen molar-refractivity contribution in [3.05, 3.63) is 44.1 Å². The molecule has 0 fully saturated rings. The number of rotatable bonds is 3. The Bertz CT molecular complexity index is 687. The monoisotopic (exact) mass is 388 g/mol. The second-order valence-electron chi connectivity index (χ2n) is 4.58. The van der Waals surface area contributed by atoms with Crippen molar-refractivity contribution >= 4 is 44.8 Å². The molecule has 3 rings (SSSR count). The topological polar surface area (TPSA) is 43.4 Å². The van der Waals surface area contributed by atoms with Crippen LogP contribution in [0.25, 0.3) is 0 Å². The Kier molecular flexibility index (Phi) is 4.15. The second-order valence-corrected chi connectivity index (χ2v) is 6.18. The van der Waals surface area contributed by atoms with Gasteiger partial charge in [-0.3, -0.25) is 0 Å². The number of aryl methyl sites for hydroxylation is 1. The summed E-state index contributed by atoms with van der Waals surface area (Å²) >= 11 is 15.5. The van der Waals surface area contributed by atoms with Gasteiger partial charge in [0, 0.05) is 11.0 Å². The molecule has 1 N–H and O–H groups in total. The van der Waals surface area contributed by atoms with Crippen LogP contribution < -0.4 is 14.8 Å². The number of nitrogens with one attached hydrogen (secondary N) is 1. The standard InChI is InChI=1S/C14H11BrCl2N2O2/c1-7-2-12(16)19-14(17)13(7)18-5-8-3-10-11(4-9(8)15)21-6-20-10/h2-4,18H,5-6H2,1H3. The summed E-state index contributed by atoms with van der Waals surface area (Å²) in [7, 11) is 0. The fourth-order valence-electron chi connectivity index (χ4n) is 2.09. The number of hydrogen-bond acceptors (Lipinski definition) is 4. The zero-order valence-corrected chi connectivity index (χ0v) is 14.1. The van der Waals surface area contributed by atoms with E-state index in [1.165, 1.54) is 0 Å². The van der Waals surface area contributed by atoms with E-state index in [2.05, 4.69) is 26.2 Å². The Labute approximate surface area is 140 Å². The molecule has 0 radical (unpaired) electrons. The van der Waals surface area contributed by atoms with Crippen LogP contribution in [0.1, 0.15) is 11.1 Å². The summed E-state index contributed by atoms with van der Waals surface area (Å²) < 4.78 is 11.7. The van der Waals surface area contributed by atoms with Gasteiger partial charge in [0.15, 0.2) is 16.7 Å². The summed E-state index contributed by atoms with van der Waals surface area (Å²) in [6.45, 7) is 2.75. The van der Waals surface area contributed by atoms with Gasteiger partial charge >= 0.3 is 0 Å². The molecule has 1 aromatic carbocycles. The SMILES string of the molecule is Cc1cc(Cl)nc(Cl)c1NCc1cc2c(cc1Br)OCO2. The lowest BCUT2D eigenvalue weighted by molar-refractivity contribution is 0.174. The molecule has 0 saturated carbocycles. The Hall–Kier alpha value is -1.17. The summed E-state index contributed by atoms with van der Waals surface area (Å²) in [5, 5.41) is 4.02. The first-order valence-electron chi connectivity index (χ1n) is 6.19. The van der Waals surface area contributed by atoms with Gasteiger partial charge in [0.25, 0.3) is 0 Å². The molecule has 0 atom stereocenters. The first-order valence-corrected chi connectivity index (χ1v) is 7.74. The number of fused-ring (bicyclic) bond motifs is 1. The maximum Gasteiger partial charge on any atom is 0.231 e. The second kappa shape index (κ2) is 5.91. The lowest BCUT2D eigenvalue weighted by Crippen LogP contribution is -2.03. The van der Waals surface area contributed by atoms with Crippen molar-refractivity contribution in [3.63, 3.8) is 0 Å². The highest BCUT2D eigenvalue weighted by molar-refractivity contribution is 9.10. The quantitative estimate of drug-likeness (QED) is 0.765. The molecule has 0 amide bonds. The molecule has 0 spiro atoms. The number of hydrogen-bond donors (Lipinski definition) is 1. The maximum absolute atomic E-state index is 6.12. The van der Waals surface area contributed by atoms with Gasteiger partial charge in [-0.15, -0.1) is 0 Å². The van der Waals surface area contributed by atoms with Gasteiger partial charge in [-0.2, -0.15) is 0 Å². The zero-order valence-electron chi connectivity index (χ0n) is 11.0. The number of halogens is 3. The molecular weight excluding hydrogens is 379 g/mol. The molecule has 0 unspecified atom stereocenters. The third-order valence-electron chi connectivity index (χ3n) is 3.14. The number of nitrogens with zero attached hydrogens (tertiary/aromatic N) is 1. The molecule has 7 heteroatoms. The zero-order chi connectivity index (χ0) is 15.0.